The predicted molar refractivity (Wildman–Crippen MR) is 110 cm³/mol. The Morgan fingerprint density at radius 1 is 1.11 bits per heavy atom. The van der Waals surface area contributed by atoms with Gasteiger partial charge in [-0.3, -0.25) is 4.79 Å². The van der Waals surface area contributed by atoms with Gasteiger partial charge in [-0.05, 0) is 31.0 Å². The maximum Gasteiger partial charge on any atom is 0.268 e. The van der Waals surface area contributed by atoms with Crippen molar-refractivity contribution in [3.05, 3.63) is 53.9 Å². The Morgan fingerprint density at radius 2 is 1.93 bits per heavy atom. The van der Waals surface area contributed by atoms with Crippen molar-refractivity contribution in [3.8, 4) is 27.6 Å². The Bertz CT molecular complexity index is 952. The van der Waals surface area contributed by atoms with Crippen LogP contribution in [0.1, 0.15) is 26.7 Å². The SMILES string of the molecule is CCCN1C(=O)C(CC)Oc2ccc(-c3csc(-c4ccccc4)n3)cc21. The number of hydrogen-bond donors (Lipinski definition) is 0. The number of anilines is 1. The Morgan fingerprint density at radius 3 is 2.67 bits per heavy atom. The monoisotopic (exact) mass is 378 g/mol. The van der Waals surface area contributed by atoms with E-state index in [0.29, 0.717) is 13.0 Å². The third kappa shape index (κ3) is 3.35. The van der Waals surface area contributed by atoms with Crippen LogP contribution in [-0.4, -0.2) is 23.5 Å². The molecule has 1 atom stereocenters. The van der Waals surface area contributed by atoms with E-state index in [9.17, 15) is 4.79 Å². The second-order valence-electron chi connectivity index (χ2n) is 6.59. The van der Waals surface area contributed by atoms with Crippen molar-refractivity contribution in [1.82, 2.24) is 4.98 Å². The minimum atomic E-state index is -0.390. The summed E-state index contributed by atoms with van der Waals surface area (Å²) in [6.45, 7) is 4.76. The van der Waals surface area contributed by atoms with Crippen LogP contribution in [0.15, 0.2) is 53.9 Å². The van der Waals surface area contributed by atoms with Gasteiger partial charge in [-0.1, -0.05) is 44.2 Å². The first-order chi connectivity index (χ1) is 13.2. The number of thiazole rings is 1. The first-order valence-corrected chi connectivity index (χ1v) is 10.2. The van der Waals surface area contributed by atoms with Gasteiger partial charge in [-0.15, -0.1) is 11.3 Å². The summed E-state index contributed by atoms with van der Waals surface area (Å²) in [5.41, 5.74) is 3.88. The molecule has 4 rings (SSSR count). The molecule has 0 spiro atoms. The van der Waals surface area contributed by atoms with Crippen molar-refractivity contribution in [3.63, 3.8) is 0 Å². The summed E-state index contributed by atoms with van der Waals surface area (Å²) < 4.78 is 5.93. The quantitative estimate of drug-likeness (QED) is 0.598. The summed E-state index contributed by atoms with van der Waals surface area (Å²) in [7, 11) is 0. The van der Waals surface area contributed by atoms with Crippen molar-refractivity contribution in [2.24, 2.45) is 0 Å². The molecule has 0 saturated heterocycles. The van der Waals surface area contributed by atoms with Gasteiger partial charge in [0.2, 0.25) is 0 Å². The van der Waals surface area contributed by atoms with Crippen LogP contribution in [0.4, 0.5) is 5.69 Å². The molecule has 1 unspecified atom stereocenters. The molecule has 0 aliphatic carbocycles. The van der Waals surface area contributed by atoms with Crippen LogP contribution < -0.4 is 9.64 Å². The third-order valence-electron chi connectivity index (χ3n) is 4.70. The van der Waals surface area contributed by atoms with Crippen molar-refractivity contribution in [2.45, 2.75) is 32.8 Å². The fourth-order valence-electron chi connectivity index (χ4n) is 3.32. The summed E-state index contributed by atoms with van der Waals surface area (Å²) in [6, 6.07) is 16.2. The summed E-state index contributed by atoms with van der Waals surface area (Å²) in [5, 5.41) is 3.06. The largest absolute Gasteiger partial charge is 0.478 e. The zero-order valence-corrected chi connectivity index (χ0v) is 16.3. The molecule has 1 aliphatic heterocycles. The summed E-state index contributed by atoms with van der Waals surface area (Å²) in [5.74, 6) is 0.824. The highest BCUT2D eigenvalue weighted by atomic mass is 32.1. The number of amides is 1. The molecule has 4 nitrogen and oxygen atoms in total. The molecule has 1 aliphatic rings. The average Bonchev–Trinajstić information content (AvgIpc) is 3.20. The summed E-state index contributed by atoms with van der Waals surface area (Å²) >= 11 is 1.63. The zero-order valence-electron chi connectivity index (χ0n) is 15.5. The topological polar surface area (TPSA) is 42.4 Å². The van der Waals surface area contributed by atoms with E-state index in [-0.39, 0.29) is 12.0 Å². The number of ether oxygens (including phenoxy) is 1. The number of nitrogens with zero attached hydrogens (tertiary/aromatic N) is 2. The van der Waals surface area contributed by atoms with Crippen molar-refractivity contribution in [2.75, 3.05) is 11.4 Å². The molecule has 3 aromatic rings. The molecule has 138 valence electrons. The molecule has 27 heavy (non-hydrogen) atoms. The second kappa shape index (κ2) is 7.53. The highest BCUT2D eigenvalue weighted by Gasteiger charge is 2.33. The van der Waals surface area contributed by atoms with Crippen molar-refractivity contribution in [1.29, 1.82) is 0 Å². The minimum absolute atomic E-state index is 0.0484. The Labute approximate surface area is 163 Å². The molecule has 1 aromatic heterocycles. The molecule has 0 saturated carbocycles. The van der Waals surface area contributed by atoms with Crippen LogP contribution in [0.5, 0.6) is 5.75 Å². The molecule has 2 heterocycles. The van der Waals surface area contributed by atoms with Crippen LogP contribution >= 0.6 is 11.3 Å². The molecular formula is C22H22N2O2S. The fourth-order valence-corrected chi connectivity index (χ4v) is 4.15. The van der Waals surface area contributed by atoms with Gasteiger partial charge < -0.3 is 9.64 Å². The van der Waals surface area contributed by atoms with Gasteiger partial charge in [-0.25, -0.2) is 4.98 Å². The summed E-state index contributed by atoms with van der Waals surface area (Å²) in [6.07, 6.45) is 1.19. The van der Waals surface area contributed by atoms with E-state index < -0.39 is 0 Å². The minimum Gasteiger partial charge on any atom is -0.478 e. The average molecular weight is 378 g/mol. The van der Waals surface area contributed by atoms with E-state index >= 15 is 0 Å². The zero-order chi connectivity index (χ0) is 18.8. The lowest BCUT2D eigenvalue weighted by molar-refractivity contribution is -0.126. The maximum atomic E-state index is 12.7. The lowest BCUT2D eigenvalue weighted by Gasteiger charge is -2.34. The molecule has 0 radical (unpaired) electrons. The van der Waals surface area contributed by atoms with Gasteiger partial charge in [0.15, 0.2) is 6.10 Å². The van der Waals surface area contributed by atoms with Crippen LogP contribution in [0.2, 0.25) is 0 Å². The van der Waals surface area contributed by atoms with Crippen LogP contribution in [0.3, 0.4) is 0 Å². The van der Waals surface area contributed by atoms with Gasteiger partial charge in [0.05, 0.1) is 11.4 Å². The Kier molecular flexibility index (Phi) is 4.94. The number of fused-ring (bicyclic) bond motifs is 1. The number of aromatic nitrogens is 1. The molecule has 0 fully saturated rings. The highest BCUT2D eigenvalue weighted by molar-refractivity contribution is 7.13. The number of carbonyl (C=O) groups is 1. The molecule has 2 aromatic carbocycles. The number of rotatable bonds is 5. The van der Waals surface area contributed by atoms with Gasteiger partial charge in [0.1, 0.15) is 10.8 Å². The van der Waals surface area contributed by atoms with E-state index in [1.807, 2.05) is 48.2 Å². The lowest BCUT2D eigenvalue weighted by atomic mass is 10.1. The third-order valence-corrected chi connectivity index (χ3v) is 5.59. The molecule has 0 bridgehead atoms. The van der Waals surface area contributed by atoms with E-state index in [1.54, 1.807) is 11.3 Å². The second-order valence-corrected chi connectivity index (χ2v) is 7.45. The van der Waals surface area contributed by atoms with E-state index in [4.69, 9.17) is 9.72 Å². The molecule has 1 amide bonds. The smallest absolute Gasteiger partial charge is 0.268 e. The van der Waals surface area contributed by atoms with Crippen molar-refractivity contribution >= 4 is 22.9 Å². The Hall–Kier alpha value is -2.66. The number of carbonyl (C=O) groups excluding carboxylic acids is 1. The lowest BCUT2D eigenvalue weighted by Crippen LogP contribution is -2.45. The maximum absolute atomic E-state index is 12.7. The van der Waals surface area contributed by atoms with Gasteiger partial charge >= 0.3 is 0 Å². The van der Waals surface area contributed by atoms with Gasteiger partial charge in [0.25, 0.3) is 5.91 Å². The fraction of sp³-hybridized carbons (Fsp3) is 0.273. The molecule has 5 heteroatoms. The van der Waals surface area contributed by atoms with E-state index in [1.165, 1.54) is 0 Å². The molecular weight excluding hydrogens is 356 g/mol. The predicted octanol–water partition coefficient (Wildman–Crippen LogP) is 5.39. The first-order valence-electron chi connectivity index (χ1n) is 9.34. The summed E-state index contributed by atoms with van der Waals surface area (Å²) in [4.78, 5) is 19.4. The van der Waals surface area contributed by atoms with Crippen LogP contribution in [-0.2, 0) is 4.79 Å². The Balaban J connectivity index is 1.71. The van der Waals surface area contributed by atoms with Crippen LogP contribution in [0.25, 0.3) is 21.8 Å². The standard InChI is InChI=1S/C22H22N2O2S/c1-3-12-24-18-13-16(10-11-20(18)26-19(4-2)22(24)25)17-14-27-21(23-17)15-8-6-5-7-9-15/h5-11,13-14,19H,3-4,12H2,1-2H3. The first kappa shape index (κ1) is 17.7. The highest BCUT2D eigenvalue weighted by Crippen LogP contribution is 2.39. The molecule has 0 N–H and O–H groups in total. The van der Waals surface area contributed by atoms with Gasteiger partial charge in [0, 0.05) is 23.1 Å². The number of hydrogen-bond acceptors (Lipinski definition) is 4. The van der Waals surface area contributed by atoms with E-state index in [0.717, 1.165) is 39.7 Å². The van der Waals surface area contributed by atoms with E-state index in [2.05, 4.69) is 24.4 Å². The number of benzene rings is 2. The van der Waals surface area contributed by atoms with Crippen molar-refractivity contribution < 1.29 is 9.53 Å². The normalized spacial score (nSPS) is 16.1. The van der Waals surface area contributed by atoms with Crippen LogP contribution in [0, 0.1) is 0 Å². The van der Waals surface area contributed by atoms with Gasteiger partial charge in [-0.2, -0.15) is 0 Å².